The zero-order valence-electron chi connectivity index (χ0n) is 16.4. The molecule has 0 bridgehead atoms. The van der Waals surface area contributed by atoms with Crippen LogP contribution in [0, 0.1) is 11.6 Å². The van der Waals surface area contributed by atoms with Crippen LogP contribution in [0.5, 0.6) is 0 Å². The van der Waals surface area contributed by atoms with E-state index in [2.05, 4.69) is 10.3 Å². The Labute approximate surface area is 170 Å². The molecule has 9 heteroatoms. The molecule has 4 rings (SSSR count). The maximum Gasteiger partial charge on any atom is 0.341 e. The molecule has 3 aromatic rings. The van der Waals surface area contributed by atoms with Crippen molar-refractivity contribution in [1.29, 1.82) is 0 Å². The molecule has 0 amide bonds. The number of hydrogen-bond donors (Lipinski definition) is 2. The van der Waals surface area contributed by atoms with Crippen molar-refractivity contribution in [3.8, 4) is 5.69 Å². The second-order valence-corrected chi connectivity index (χ2v) is 7.57. The number of carboxylic acids is 1. The Kier molecular flexibility index (Phi) is 4.98. The summed E-state index contributed by atoms with van der Waals surface area (Å²) in [6.07, 6.45) is 3.41. The van der Waals surface area contributed by atoms with Gasteiger partial charge in [0.05, 0.1) is 23.1 Å². The van der Waals surface area contributed by atoms with Crippen molar-refractivity contribution in [1.82, 2.24) is 14.9 Å². The van der Waals surface area contributed by atoms with E-state index in [9.17, 15) is 19.1 Å². The third-order valence-corrected chi connectivity index (χ3v) is 5.21. The first-order valence-electron chi connectivity index (χ1n) is 9.49. The van der Waals surface area contributed by atoms with Gasteiger partial charge in [-0.15, -0.1) is 0 Å². The number of aromatic nitrogens is 2. The molecule has 0 saturated carbocycles. The topological polar surface area (TPSA) is 87.5 Å². The number of nitrogens with one attached hydrogen (secondary N) is 1. The van der Waals surface area contributed by atoms with Crippen molar-refractivity contribution in [2.75, 3.05) is 18.0 Å². The van der Waals surface area contributed by atoms with Crippen molar-refractivity contribution in [3.63, 3.8) is 0 Å². The van der Waals surface area contributed by atoms with E-state index in [0.29, 0.717) is 13.1 Å². The van der Waals surface area contributed by atoms with Gasteiger partial charge in [-0.3, -0.25) is 9.78 Å². The number of piperazine rings is 1. The van der Waals surface area contributed by atoms with Crippen molar-refractivity contribution in [2.45, 2.75) is 25.9 Å². The summed E-state index contributed by atoms with van der Waals surface area (Å²) >= 11 is 0. The first-order chi connectivity index (χ1) is 14.3. The van der Waals surface area contributed by atoms with Gasteiger partial charge in [0.2, 0.25) is 5.43 Å². The van der Waals surface area contributed by atoms with Gasteiger partial charge in [0, 0.05) is 43.0 Å². The zero-order valence-corrected chi connectivity index (χ0v) is 16.4. The Hall–Kier alpha value is -3.33. The summed E-state index contributed by atoms with van der Waals surface area (Å²) < 4.78 is 30.8. The molecule has 2 N–H and O–H groups in total. The molecule has 0 spiro atoms. The highest BCUT2D eigenvalue weighted by Crippen LogP contribution is 2.28. The second kappa shape index (κ2) is 7.49. The zero-order chi connectivity index (χ0) is 21.6. The fraction of sp³-hybridized carbons (Fsp3) is 0.286. The molecule has 1 aliphatic rings. The monoisotopic (exact) mass is 414 g/mol. The predicted octanol–water partition coefficient (Wildman–Crippen LogP) is 2.55. The average molecular weight is 414 g/mol. The first kappa shape index (κ1) is 20.0. The minimum absolute atomic E-state index is 0.0112. The van der Waals surface area contributed by atoms with Crippen LogP contribution in [0.1, 0.15) is 24.2 Å². The first-order valence-corrected chi connectivity index (χ1v) is 9.49. The smallest absolute Gasteiger partial charge is 0.341 e. The number of benzene rings is 1. The number of anilines is 1. The minimum atomic E-state index is -1.47. The molecule has 1 saturated heterocycles. The van der Waals surface area contributed by atoms with Gasteiger partial charge < -0.3 is 19.9 Å². The van der Waals surface area contributed by atoms with E-state index < -0.39 is 28.6 Å². The average Bonchev–Trinajstić information content (AvgIpc) is 2.68. The summed E-state index contributed by atoms with van der Waals surface area (Å²) in [6, 6.07) is 4.12. The number of hydrogen-bond acceptors (Lipinski definition) is 5. The van der Waals surface area contributed by atoms with Crippen LogP contribution in [-0.2, 0) is 0 Å². The molecular weight excluding hydrogens is 394 g/mol. The Balaban J connectivity index is 2.02. The number of nitrogens with zero attached hydrogens (tertiary/aromatic N) is 3. The molecule has 1 aromatic carbocycles. The standard InChI is InChI=1S/C21H20F2N4O3/c1-11-8-26(9-12(2)25-11)19-6-18-13(5-15(19)22)20(28)14(21(29)30)10-27(18)17-3-4-24-7-16(17)23/h3-7,10-12,25H,8-9H2,1-2H3,(H,29,30). The Bertz CT molecular complexity index is 1200. The molecule has 2 atom stereocenters. The van der Waals surface area contributed by atoms with Gasteiger partial charge in [-0.25, -0.2) is 13.6 Å². The van der Waals surface area contributed by atoms with Gasteiger partial charge in [0.1, 0.15) is 11.4 Å². The van der Waals surface area contributed by atoms with Crippen molar-refractivity contribution >= 4 is 22.6 Å². The summed E-state index contributed by atoms with van der Waals surface area (Å²) in [5.74, 6) is -2.81. The van der Waals surface area contributed by atoms with Crippen molar-refractivity contribution in [2.24, 2.45) is 0 Å². The lowest BCUT2D eigenvalue weighted by Gasteiger charge is -2.38. The van der Waals surface area contributed by atoms with E-state index in [-0.39, 0.29) is 34.4 Å². The molecule has 1 aliphatic heterocycles. The van der Waals surface area contributed by atoms with Crippen LogP contribution in [0.4, 0.5) is 14.5 Å². The molecule has 7 nitrogen and oxygen atoms in total. The van der Waals surface area contributed by atoms with E-state index in [0.717, 1.165) is 18.5 Å². The summed E-state index contributed by atoms with van der Waals surface area (Å²) in [4.78, 5) is 29.8. The van der Waals surface area contributed by atoms with Gasteiger partial charge >= 0.3 is 5.97 Å². The van der Waals surface area contributed by atoms with Gasteiger partial charge in [-0.2, -0.15) is 0 Å². The van der Waals surface area contributed by atoms with E-state index in [1.54, 1.807) is 0 Å². The fourth-order valence-corrected chi connectivity index (χ4v) is 4.02. The van der Waals surface area contributed by atoms with E-state index in [4.69, 9.17) is 0 Å². The molecular formula is C21H20F2N4O3. The third kappa shape index (κ3) is 3.41. The summed E-state index contributed by atoms with van der Waals surface area (Å²) in [6.45, 7) is 5.08. The molecule has 156 valence electrons. The minimum Gasteiger partial charge on any atom is -0.477 e. The van der Waals surface area contributed by atoms with Gasteiger partial charge in [-0.1, -0.05) is 0 Å². The number of halogens is 2. The van der Waals surface area contributed by atoms with Crippen LogP contribution in [0.2, 0.25) is 0 Å². The quantitative estimate of drug-likeness (QED) is 0.685. The van der Waals surface area contributed by atoms with E-state index >= 15 is 4.39 Å². The number of pyridine rings is 2. The third-order valence-electron chi connectivity index (χ3n) is 5.21. The number of fused-ring (bicyclic) bond motifs is 1. The molecule has 0 aliphatic carbocycles. The summed E-state index contributed by atoms with van der Waals surface area (Å²) in [5, 5.41) is 12.7. The van der Waals surface area contributed by atoms with Crippen molar-refractivity contribution in [3.05, 3.63) is 64.2 Å². The van der Waals surface area contributed by atoms with Crippen LogP contribution in [0.15, 0.2) is 41.6 Å². The highest BCUT2D eigenvalue weighted by Gasteiger charge is 2.25. The van der Waals surface area contributed by atoms with Crippen LogP contribution in [0.25, 0.3) is 16.6 Å². The fourth-order valence-electron chi connectivity index (χ4n) is 4.02. The molecule has 2 aromatic heterocycles. The number of aromatic carboxylic acids is 1. The van der Waals surface area contributed by atoms with E-state index in [1.807, 2.05) is 18.7 Å². The van der Waals surface area contributed by atoms with Gasteiger partial charge in [0.25, 0.3) is 0 Å². The summed E-state index contributed by atoms with van der Waals surface area (Å²) in [5.41, 5.74) is -0.901. The van der Waals surface area contributed by atoms with Crippen molar-refractivity contribution < 1.29 is 18.7 Å². The molecule has 2 unspecified atom stereocenters. The van der Waals surface area contributed by atoms with Crippen LogP contribution >= 0.6 is 0 Å². The summed E-state index contributed by atoms with van der Waals surface area (Å²) in [7, 11) is 0. The van der Waals surface area contributed by atoms with Crippen LogP contribution < -0.4 is 15.6 Å². The van der Waals surface area contributed by atoms with E-state index in [1.165, 1.54) is 22.9 Å². The Morgan fingerprint density at radius 1 is 1.17 bits per heavy atom. The number of rotatable bonds is 3. The number of carbonyl (C=O) groups is 1. The normalized spacial score (nSPS) is 19.3. The lowest BCUT2D eigenvalue weighted by molar-refractivity contribution is 0.0695. The lowest BCUT2D eigenvalue weighted by Crippen LogP contribution is -2.54. The van der Waals surface area contributed by atoms with Crippen LogP contribution in [0.3, 0.4) is 0 Å². The molecule has 0 radical (unpaired) electrons. The second-order valence-electron chi connectivity index (χ2n) is 7.57. The Morgan fingerprint density at radius 3 is 2.50 bits per heavy atom. The SMILES string of the molecule is CC1CN(c2cc3c(cc2F)c(=O)c(C(=O)O)cn3-c2ccncc2F)CC(C)N1. The largest absolute Gasteiger partial charge is 0.477 e. The van der Waals surface area contributed by atoms with Crippen LogP contribution in [-0.4, -0.2) is 45.8 Å². The Morgan fingerprint density at radius 2 is 1.87 bits per heavy atom. The van der Waals surface area contributed by atoms with Gasteiger partial charge in [0.15, 0.2) is 5.82 Å². The van der Waals surface area contributed by atoms with Gasteiger partial charge in [-0.05, 0) is 32.0 Å². The molecule has 30 heavy (non-hydrogen) atoms. The maximum absolute atomic E-state index is 15.0. The molecule has 1 fully saturated rings. The maximum atomic E-state index is 15.0. The predicted molar refractivity (Wildman–Crippen MR) is 108 cm³/mol. The highest BCUT2D eigenvalue weighted by molar-refractivity contribution is 5.94. The number of carboxylic acid groups (broad SMARTS) is 1. The highest BCUT2D eigenvalue weighted by atomic mass is 19.1. The lowest BCUT2D eigenvalue weighted by atomic mass is 10.1. The molecule has 3 heterocycles.